The molecular formula is C17H16FNO4S. The zero-order valence-corrected chi connectivity index (χ0v) is 13.8. The van der Waals surface area contributed by atoms with Gasteiger partial charge >= 0.3 is 0 Å². The average molecular weight is 349 g/mol. The summed E-state index contributed by atoms with van der Waals surface area (Å²) < 4.78 is 18.1. The third kappa shape index (κ3) is 5.34. The molecular weight excluding hydrogens is 333 g/mol. The Morgan fingerprint density at radius 1 is 1.21 bits per heavy atom. The van der Waals surface area contributed by atoms with Crippen molar-refractivity contribution in [3.63, 3.8) is 0 Å². The fourth-order valence-corrected chi connectivity index (χ4v) is 3.04. The van der Waals surface area contributed by atoms with E-state index in [4.69, 9.17) is 4.74 Å². The zero-order chi connectivity index (χ0) is 17.5. The first-order valence-electron chi connectivity index (χ1n) is 7.20. The van der Waals surface area contributed by atoms with Crippen LogP contribution in [0.4, 0.5) is 4.39 Å². The molecule has 0 saturated heterocycles. The van der Waals surface area contributed by atoms with Crippen molar-refractivity contribution in [3.05, 3.63) is 70.0 Å². The number of carbonyl (C=O) groups is 1. The van der Waals surface area contributed by atoms with E-state index in [1.165, 1.54) is 24.3 Å². The summed E-state index contributed by atoms with van der Waals surface area (Å²) in [6.07, 6.45) is 0.00328. The molecule has 126 valence electrons. The first-order chi connectivity index (χ1) is 11.5. The van der Waals surface area contributed by atoms with Gasteiger partial charge in [-0.1, -0.05) is 23.9 Å². The smallest absolute Gasteiger partial charge is 0.211 e. The third-order valence-electron chi connectivity index (χ3n) is 3.42. The van der Waals surface area contributed by atoms with Crippen LogP contribution in [0.25, 0.3) is 0 Å². The molecule has 7 heteroatoms. The number of halogens is 1. The van der Waals surface area contributed by atoms with Crippen LogP contribution in [-0.4, -0.2) is 23.7 Å². The molecule has 0 heterocycles. The van der Waals surface area contributed by atoms with Crippen molar-refractivity contribution in [1.29, 1.82) is 0 Å². The molecule has 2 aromatic carbocycles. The number of methoxy groups -OCH3 is 1. The van der Waals surface area contributed by atoms with E-state index in [2.05, 4.69) is 0 Å². The Morgan fingerprint density at radius 3 is 2.38 bits per heavy atom. The molecule has 0 aromatic heterocycles. The summed E-state index contributed by atoms with van der Waals surface area (Å²) in [5.41, 5.74) is 0.580. The summed E-state index contributed by atoms with van der Waals surface area (Å²) in [5, 5.41) is 10.7. The maximum atomic E-state index is 13.0. The van der Waals surface area contributed by atoms with E-state index in [9.17, 15) is 19.3 Å². The van der Waals surface area contributed by atoms with Crippen molar-refractivity contribution >= 4 is 16.9 Å². The van der Waals surface area contributed by atoms with Gasteiger partial charge in [0.1, 0.15) is 11.6 Å². The van der Waals surface area contributed by atoms with Crippen LogP contribution in [0.2, 0.25) is 0 Å². The number of rotatable bonds is 7. The number of hydrogen-bond donors (Lipinski definition) is 0. The van der Waals surface area contributed by atoms with Crippen LogP contribution in [0.15, 0.2) is 53.4 Å². The third-order valence-corrected chi connectivity index (χ3v) is 4.32. The summed E-state index contributed by atoms with van der Waals surface area (Å²) in [5.74, 6) is -0.319. The average Bonchev–Trinajstić information content (AvgIpc) is 2.55. The normalized spacial score (nSPS) is 11.8. The largest absolute Gasteiger partial charge is 0.497 e. The van der Waals surface area contributed by atoms with Crippen LogP contribution in [0, 0.1) is 15.9 Å². The molecule has 0 radical (unpaired) electrons. The van der Waals surface area contributed by atoms with Crippen LogP contribution >= 0.6 is 11.8 Å². The molecule has 0 N–H and O–H groups in total. The number of nitro groups is 1. The summed E-state index contributed by atoms with van der Waals surface area (Å²) in [4.78, 5) is 23.4. The van der Waals surface area contributed by atoms with Crippen molar-refractivity contribution in [2.24, 2.45) is 0 Å². The van der Waals surface area contributed by atoms with E-state index in [1.54, 1.807) is 31.4 Å². The van der Waals surface area contributed by atoms with E-state index in [1.807, 2.05) is 0 Å². The van der Waals surface area contributed by atoms with E-state index in [0.29, 0.717) is 11.3 Å². The van der Waals surface area contributed by atoms with Gasteiger partial charge < -0.3 is 4.74 Å². The van der Waals surface area contributed by atoms with E-state index in [0.717, 1.165) is 16.7 Å². The summed E-state index contributed by atoms with van der Waals surface area (Å²) >= 11 is 1.02. The van der Waals surface area contributed by atoms with Crippen LogP contribution in [0.5, 0.6) is 5.75 Å². The quantitative estimate of drug-likeness (QED) is 0.431. The van der Waals surface area contributed by atoms with Crippen LogP contribution in [0.3, 0.4) is 0 Å². The van der Waals surface area contributed by atoms with E-state index < -0.39 is 16.7 Å². The summed E-state index contributed by atoms with van der Waals surface area (Å²) in [7, 11) is 1.55. The van der Waals surface area contributed by atoms with Crippen molar-refractivity contribution in [3.8, 4) is 5.75 Å². The van der Waals surface area contributed by atoms with Gasteiger partial charge in [0.2, 0.25) is 6.54 Å². The molecule has 0 aliphatic heterocycles. The maximum absolute atomic E-state index is 13.0. The van der Waals surface area contributed by atoms with Crippen LogP contribution < -0.4 is 4.74 Å². The Labute approximate surface area is 143 Å². The Kier molecular flexibility index (Phi) is 6.31. The van der Waals surface area contributed by atoms with Gasteiger partial charge in [-0.15, -0.1) is 0 Å². The number of ether oxygens (including phenoxy) is 1. The molecule has 0 fully saturated rings. The lowest BCUT2D eigenvalue weighted by Gasteiger charge is -2.12. The lowest BCUT2D eigenvalue weighted by atomic mass is 9.96. The number of nitrogens with zero attached hydrogens (tertiary/aromatic N) is 1. The molecule has 0 amide bonds. The fraction of sp³-hybridized carbons (Fsp3) is 0.235. The van der Waals surface area contributed by atoms with Crippen molar-refractivity contribution in [1.82, 2.24) is 0 Å². The molecule has 0 saturated carbocycles. The Hall–Kier alpha value is -2.41. The molecule has 2 rings (SSSR count). The molecule has 2 aromatic rings. The summed E-state index contributed by atoms with van der Waals surface area (Å²) in [6, 6.07) is 12.4. The second-order valence-electron chi connectivity index (χ2n) is 5.12. The molecule has 0 unspecified atom stereocenters. The number of thioether (sulfide) groups is 1. The highest BCUT2D eigenvalue weighted by Crippen LogP contribution is 2.28. The highest BCUT2D eigenvalue weighted by Gasteiger charge is 2.22. The summed E-state index contributed by atoms with van der Waals surface area (Å²) in [6.45, 7) is -0.374. The lowest BCUT2D eigenvalue weighted by molar-refractivity contribution is -0.483. The minimum Gasteiger partial charge on any atom is -0.497 e. The number of benzene rings is 2. The van der Waals surface area contributed by atoms with Gasteiger partial charge in [-0.2, -0.15) is 0 Å². The predicted molar refractivity (Wildman–Crippen MR) is 89.5 cm³/mol. The Balaban J connectivity index is 2.05. The molecule has 0 spiro atoms. The minimum atomic E-state index is -0.584. The molecule has 0 aliphatic carbocycles. The second-order valence-corrected chi connectivity index (χ2v) is 6.25. The second kappa shape index (κ2) is 8.44. The standard InChI is InChI=1S/C17H16FNO4S/c1-23-15-6-8-16(9-7-15)24-17(20)10-13(11-19(21)22)12-2-4-14(18)5-3-12/h2-9,13H,10-11H2,1H3/t13-/m0/s1. The van der Waals surface area contributed by atoms with E-state index >= 15 is 0 Å². The topological polar surface area (TPSA) is 69.4 Å². The van der Waals surface area contributed by atoms with E-state index in [-0.39, 0.29) is 18.1 Å². The molecule has 0 aliphatic rings. The molecule has 24 heavy (non-hydrogen) atoms. The van der Waals surface area contributed by atoms with Crippen molar-refractivity contribution < 1.29 is 18.8 Å². The van der Waals surface area contributed by atoms with Gasteiger partial charge in [0, 0.05) is 16.2 Å². The SMILES string of the molecule is COc1ccc(SC(=O)C[C@@H](C[N+](=O)[O-])c2ccc(F)cc2)cc1. The van der Waals surface area contributed by atoms with Crippen LogP contribution in [-0.2, 0) is 4.79 Å². The predicted octanol–water partition coefficient (Wildman–Crippen LogP) is 3.90. The molecule has 0 bridgehead atoms. The van der Waals surface area contributed by atoms with Gasteiger partial charge in [-0.05, 0) is 42.0 Å². The van der Waals surface area contributed by atoms with Crippen molar-refractivity contribution in [2.75, 3.05) is 13.7 Å². The number of hydrogen-bond acceptors (Lipinski definition) is 5. The van der Waals surface area contributed by atoms with Gasteiger partial charge in [-0.25, -0.2) is 4.39 Å². The molecule has 5 nitrogen and oxygen atoms in total. The van der Waals surface area contributed by atoms with Gasteiger partial charge in [0.25, 0.3) is 0 Å². The zero-order valence-electron chi connectivity index (χ0n) is 13.0. The Bertz CT molecular complexity index is 704. The molecule has 1 atom stereocenters. The Morgan fingerprint density at radius 2 is 1.83 bits per heavy atom. The highest BCUT2D eigenvalue weighted by molar-refractivity contribution is 8.13. The minimum absolute atomic E-state index is 0.00328. The van der Waals surface area contributed by atoms with Gasteiger partial charge in [0.15, 0.2) is 5.12 Å². The lowest BCUT2D eigenvalue weighted by Crippen LogP contribution is -2.15. The monoisotopic (exact) mass is 349 g/mol. The van der Waals surface area contributed by atoms with Gasteiger partial charge in [0.05, 0.1) is 13.0 Å². The highest BCUT2D eigenvalue weighted by atomic mass is 32.2. The van der Waals surface area contributed by atoms with Crippen molar-refractivity contribution in [2.45, 2.75) is 17.2 Å². The first-order valence-corrected chi connectivity index (χ1v) is 8.01. The fourth-order valence-electron chi connectivity index (χ4n) is 2.22. The van der Waals surface area contributed by atoms with Crippen LogP contribution in [0.1, 0.15) is 17.9 Å². The van der Waals surface area contributed by atoms with Gasteiger partial charge in [-0.3, -0.25) is 14.9 Å². The maximum Gasteiger partial charge on any atom is 0.211 e. The first kappa shape index (κ1) is 17.9. The number of carbonyl (C=O) groups excluding carboxylic acids is 1.